The van der Waals surface area contributed by atoms with Crippen LogP contribution in [0.1, 0.15) is 56.6 Å². The molecule has 0 spiro atoms. The molecule has 162 valence electrons. The maximum absolute atomic E-state index is 13.2. The fraction of sp³-hybridized carbons (Fsp3) is 0.680. The topological polar surface area (TPSA) is 55.8 Å². The number of Topliss-reactive ketones (excluding diaryl/α,β-unsaturated/α-hetero) is 1. The van der Waals surface area contributed by atoms with Crippen molar-refractivity contribution < 1.29 is 19.1 Å². The van der Waals surface area contributed by atoms with Gasteiger partial charge in [0, 0.05) is 24.4 Å². The van der Waals surface area contributed by atoms with Gasteiger partial charge >= 0.3 is 5.97 Å². The predicted octanol–water partition coefficient (Wildman–Crippen LogP) is 3.52. The number of piperidine rings is 1. The largest absolute Gasteiger partial charge is 0.497 e. The van der Waals surface area contributed by atoms with Gasteiger partial charge < -0.3 is 9.47 Å². The molecule has 1 aliphatic heterocycles. The summed E-state index contributed by atoms with van der Waals surface area (Å²) in [5, 5.41) is 0. The van der Waals surface area contributed by atoms with Crippen molar-refractivity contribution in [3.05, 3.63) is 29.3 Å². The summed E-state index contributed by atoms with van der Waals surface area (Å²) in [5.41, 5.74) is 2.49. The number of methoxy groups -OCH3 is 1. The lowest BCUT2D eigenvalue weighted by Crippen LogP contribution is -2.64. The number of likely N-dealkylation sites (tertiary alicyclic amines) is 1. The Labute approximate surface area is 179 Å². The Balaban J connectivity index is 1.53. The van der Waals surface area contributed by atoms with E-state index in [1.54, 1.807) is 7.11 Å². The maximum atomic E-state index is 13.2. The first-order valence-corrected chi connectivity index (χ1v) is 11.7. The Kier molecular flexibility index (Phi) is 5.12. The molecule has 1 saturated heterocycles. The number of esters is 1. The maximum Gasteiger partial charge on any atom is 0.316 e. The molecule has 1 aromatic rings. The van der Waals surface area contributed by atoms with Gasteiger partial charge in [-0.05, 0) is 80.7 Å². The molecule has 5 nitrogen and oxygen atoms in total. The van der Waals surface area contributed by atoms with Crippen LogP contribution in [0, 0.1) is 17.8 Å². The molecule has 4 atom stereocenters. The first-order chi connectivity index (χ1) is 14.6. The number of ketones is 1. The van der Waals surface area contributed by atoms with Gasteiger partial charge in [-0.15, -0.1) is 0 Å². The Morgan fingerprint density at radius 1 is 1.30 bits per heavy atom. The standard InChI is InChI=1S/C25H33NO4/c1-3-30-24(28)19-13-21-22-11-17-7-8-18(29-2)12-20(17)25(21,14-23(19)27)9-10-26(22)15-16-5-4-6-16/h7-8,12,16,19,21-22H,3-6,9-11,13-15H2,1-2H3/t19?,21-,22+,25+/m0/s1. The number of rotatable bonds is 5. The Bertz CT molecular complexity index is 848. The monoisotopic (exact) mass is 411 g/mol. The van der Waals surface area contributed by atoms with Gasteiger partial charge in [-0.2, -0.15) is 0 Å². The quantitative estimate of drug-likeness (QED) is 0.548. The molecule has 0 amide bonds. The summed E-state index contributed by atoms with van der Waals surface area (Å²) in [4.78, 5) is 28.5. The number of nitrogens with zero attached hydrogens (tertiary/aromatic N) is 1. The van der Waals surface area contributed by atoms with Crippen LogP contribution in [0.2, 0.25) is 0 Å². The van der Waals surface area contributed by atoms with Crippen LogP contribution in [0.4, 0.5) is 0 Å². The minimum atomic E-state index is -0.596. The molecule has 2 saturated carbocycles. The minimum Gasteiger partial charge on any atom is -0.497 e. The average Bonchev–Trinajstić information content (AvgIpc) is 2.71. The zero-order valence-corrected chi connectivity index (χ0v) is 18.2. The zero-order valence-electron chi connectivity index (χ0n) is 18.2. The van der Waals surface area contributed by atoms with Gasteiger partial charge in [-0.1, -0.05) is 12.5 Å². The highest BCUT2D eigenvalue weighted by Gasteiger charge is 2.58. The highest BCUT2D eigenvalue weighted by molar-refractivity contribution is 6.00. The smallest absolute Gasteiger partial charge is 0.316 e. The number of ether oxygens (including phenoxy) is 2. The van der Waals surface area contributed by atoms with E-state index >= 15 is 0 Å². The van der Waals surface area contributed by atoms with E-state index in [0.717, 1.165) is 31.1 Å². The summed E-state index contributed by atoms with van der Waals surface area (Å²) < 4.78 is 10.8. The van der Waals surface area contributed by atoms with Crippen LogP contribution >= 0.6 is 0 Å². The summed E-state index contributed by atoms with van der Waals surface area (Å²) in [7, 11) is 1.70. The predicted molar refractivity (Wildman–Crippen MR) is 114 cm³/mol. The van der Waals surface area contributed by atoms with Gasteiger partial charge in [-0.3, -0.25) is 14.5 Å². The summed E-state index contributed by atoms with van der Waals surface area (Å²) in [6.07, 6.45) is 7.12. The van der Waals surface area contributed by atoms with Crippen molar-refractivity contribution in [1.29, 1.82) is 0 Å². The van der Waals surface area contributed by atoms with Crippen molar-refractivity contribution in [3.63, 3.8) is 0 Å². The Morgan fingerprint density at radius 3 is 2.83 bits per heavy atom. The van der Waals surface area contributed by atoms with E-state index in [1.165, 1.54) is 36.9 Å². The molecule has 1 heterocycles. The van der Waals surface area contributed by atoms with Crippen LogP contribution in [0.5, 0.6) is 5.75 Å². The lowest BCUT2D eigenvalue weighted by atomic mass is 9.50. The molecule has 0 radical (unpaired) electrons. The Morgan fingerprint density at radius 2 is 2.13 bits per heavy atom. The van der Waals surface area contributed by atoms with Crippen molar-refractivity contribution in [2.45, 2.75) is 63.3 Å². The van der Waals surface area contributed by atoms with Crippen molar-refractivity contribution in [3.8, 4) is 5.75 Å². The van der Waals surface area contributed by atoms with E-state index in [4.69, 9.17) is 9.47 Å². The van der Waals surface area contributed by atoms with E-state index in [-0.39, 0.29) is 17.2 Å². The third-order valence-electron chi connectivity index (χ3n) is 8.43. The van der Waals surface area contributed by atoms with E-state index in [1.807, 2.05) is 13.0 Å². The lowest BCUT2D eigenvalue weighted by Gasteiger charge is -2.60. The van der Waals surface area contributed by atoms with Crippen LogP contribution in [0.3, 0.4) is 0 Å². The summed E-state index contributed by atoms with van der Waals surface area (Å²) in [5.74, 6) is 1.14. The molecule has 5 heteroatoms. The molecule has 1 aromatic carbocycles. The second-order valence-electron chi connectivity index (χ2n) is 9.78. The average molecular weight is 412 g/mol. The van der Waals surface area contributed by atoms with Gasteiger partial charge in [0.05, 0.1) is 13.7 Å². The minimum absolute atomic E-state index is 0.0616. The van der Waals surface area contributed by atoms with E-state index < -0.39 is 5.92 Å². The van der Waals surface area contributed by atoms with Crippen LogP contribution in [-0.4, -0.2) is 49.5 Å². The van der Waals surface area contributed by atoms with Crippen molar-refractivity contribution in [2.75, 3.05) is 26.8 Å². The second kappa shape index (κ2) is 7.67. The van der Waals surface area contributed by atoms with Crippen LogP contribution in [0.25, 0.3) is 0 Å². The highest BCUT2D eigenvalue weighted by Crippen LogP contribution is 2.56. The molecular formula is C25H33NO4. The molecule has 3 aliphatic carbocycles. The van der Waals surface area contributed by atoms with Crippen LogP contribution in [-0.2, 0) is 26.2 Å². The highest BCUT2D eigenvalue weighted by atomic mass is 16.5. The van der Waals surface area contributed by atoms with Gasteiger partial charge in [0.2, 0.25) is 0 Å². The van der Waals surface area contributed by atoms with Crippen molar-refractivity contribution in [2.24, 2.45) is 17.8 Å². The van der Waals surface area contributed by atoms with E-state index in [0.29, 0.717) is 31.4 Å². The van der Waals surface area contributed by atoms with E-state index in [2.05, 4.69) is 17.0 Å². The number of carbonyl (C=O) groups excluding carboxylic acids is 2. The zero-order chi connectivity index (χ0) is 20.9. The SMILES string of the molecule is CCOC(=O)C1C[C@H]2[C@H]3Cc4ccc(OC)cc4[C@@]2(CCN3CC2CCC2)CC1=O. The van der Waals surface area contributed by atoms with Crippen LogP contribution in [0.15, 0.2) is 18.2 Å². The first-order valence-electron chi connectivity index (χ1n) is 11.7. The fourth-order valence-electron chi connectivity index (χ4n) is 6.69. The molecule has 5 rings (SSSR count). The fourth-order valence-corrected chi connectivity index (χ4v) is 6.69. The molecular weight excluding hydrogens is 378 g/mol. The van der Waals surface area contributed by atoms with Crippen LogP contribution < -0.4 is 4.74 Å². The molecule has 0 aromatic heterocycles. The normalized spacial score (nSPS) is 33.3. The van der Waals surface area contributed by atoms with E-state index in [9.17, 15) is 9.59 Å². The molecule has 1 unspecified atom stereocenters. The third kappa shape index (κ3) is 3.08. The first kappa shape index (κ1) is 20.0. The number of hydrogen-bond acceptors (Lipinski definition) is 5. The molecule has 4 aliphatic rings. The lowest BCUT2D eigenvalue weighted by molar-refractivity contribution is -0.157. The van der Waals surface area contributed by atoms with Crippen molar-refractivity contribution in [1.82, 2.24) is 4.90 Å². The van der Waals surface area contributed by atoms with Gasteiger partial charge in [0.15, 0.2) is 0 Å². The molecule has 0 N–H and O–H groups in total. The summed E-state index contributed by atoms with van der Waals surface area (Å²) >= 11 is 0. The number of benzene rings is 1. The Hall–Kier alpha value is -1.88. The van der Waals surface area contributed by atoms with Gasteiger partial charge in [0.25, 0.3) is 0 Å². The number of carbonyl (C=O) groups is 2. The number of fused-ring (bicyclic) bond motifs is 1. The summed E-state index contributed by atoms with van der Waals surface area (Å²) in [6, 6.07) is 6.82. The second-order valence-corrected chi connectivity index (χ2v) is 9.78. The molecule has 3 fully saturated rings. The summed E-state index contributed by atoms with van der Waals surface area (Å²) in [6.45, 7) is 4.35. The third-order valence-corrected chi connectivity index (χ3v) is 8.43. The van der Waals surface area contributed by atoms with Gasteiger partial charge in [0.1, 0.15) is 17.5 Å². The molecule has 2 bridgehead atoms. The van der Waals surface area contributed by atoms with Crippen molar-refractivity contribution >= 4 is 11.8 Å². The molecule has 30 heavy (non-hydrogen) atoms. The van der Waals surface area contributed by atoms with Gasteiger partial charge in [-0.25, -0.2) is 0 Å². The number of hydrogen-bond donors (Lipinski definition) is 0.